The van der Waals surface area contributed by atoms with Crippen LogP contribution in [0.1, 0.15) is 0 Å². The Balaban J connectivity index is 2.82. The van der Waals surface area contributed by atoms with Gasteiger partial charge in [0, 0.05) is 6.20 Å². The molecule has 0 radical (unpaired) electrons. The van der Waals surface area contributed by atoms with Crippen molar-refractivity contribution in [1.29, 1.82) is 0 Å². The summed E-state index contributed by atoms with van der Waals surface area (Å²) in [7, 11) is -3.85. The van der Waals surface area contributed by atoms with Gasteiger partial charge in [-0.1, -0.05) is 0 Å². The largest absolute Gasteiger partial charge is 0.480 e. The van der Waals surface area contributed by atoms with Crippen LogP contribution >= 0.6 is 15.9 Å². The molecule has 1 rings (SSSR count). The predicted molar refractivity (Wildman–Crippen MR) is 57.0 cm³/mol. The van der Waals surface area contributed by atoms with Gasteiger partial charge in [0.2, 0.25) is 10.0 Å². The molecular formula is C7H7BrN2O4S. The maximum absolute atomic E-state index is 11.2. The van der Waals surface area contributed by atoms with Gasteiger partial charge in [-0.2, -0.15) is 0 Å². The van der Waals surface area contributed by atoms with E-state index >= 15 is 0 Å². The van der Waals surface area contributed by atoms with Crippen molar-refractivity contribution >= 4 is 37.6 Å². The smallest absolute Gasteiger partial charge is 0.320 e. The zero-order chi connectivity index (χ0) is 11.5. The third-order valence-corrected chi connectivity index (χ3v) is 2.92. The zero-order valence-electron chi connectivity index (χ0n) is 7.34. The quantitative estimate of drug-likeness (QED) is 0.796. The fourth-order valence-corrected chi connectivity index (χ4v) is 2.09. The number of pyridine rings is 1. The molecule has 1 heterocycles. The van der Waals surface area contributed by atoms with Crippen LogP contribution in [-0.4, -0.2) is 30.2 Å². The molecule has 0 unspecified atom stereocenters. The average Bonchev–Trinajstić information content (AvgIpc) is 1.99. The van der Waals surface area contributed by atoms with Crippen molar-refractivity contribution in [2.45, 2.75) is 0 Å². The number of hydrogen-bond acceptors (Lipinski definition) is 4. The molecule has 0 atom stereocenters. The van der Waals surface area contributed by atoms with Crippen molar-refractivity contribution in [2.24, 2.45) is 0 Å². The van der Waals surface area contributed by atoms with E-state index in [4.69, 9.17) is 5.11 Å². The standard InChI is InChI=1S/C7H7BrN2O4S/c8-6-3-5(1-2-9-6)10-15(13,14)4-7(11)12/h1-3H,4H2,(H,9,10)(H,11,12). The summed E-state index contributed by atoms with van der Waals surface area (Å²) in [5.41, 5.74) is 0.262. The number of nitrogens with one attached hydrogen (secondary N) is 1. The van der Waals surface area contributed by atoms with Crippen molar-refractivity contribution in [3.05, 3.63) is 22.9 Å². The summed E-state index contributed by atoms with van der Waals surface area (Å²) >= 11 is 3.06. The Morgan fingerprint density at radius 3 is 2.80 bits per heavy atom. The molecular weight excluding hydrogens is 288 g/mol. The van der Waals surface area contributed by atoms with E-state index < -0.39 is 21.7 Å². The van der Waals surface area contributed by atoms with E-state index in [1.165, 1.54) is 18.3 Å². The number of hydrogen-bond donors (Lipinski definition) is 2. The maximum Gasteiger partial charge on any atom is 0.320 e. The summed E-state index contributed by atoms with van der Waals surface area (Å²) in [5.74, 6) is -2.37. The summed E-state index contributed by atoms with van der Waals surface area (Å²) in [6.07, 6.45) is 1.39. The number of rotatable bonds is 4. The number of nitrogens with zero attached hydrogens (tertiary/aromatic N) is 1. The lowest BCUT2D eigenvalue weighted by Crippen LogP contribution is -2.22. The fraction of sp³-hybridized carbons (Fsp3) is 0.143. The second-order valence-electron chi connectivity index (χ2n) is 2.62. The number of aliphatic carboxylic acids is 1. The van der Waals surface area contributed by atoms with Gasteiger partial charge in [0.05, 0.1) is 5.69 Å². The van der Waals surface area contributed by atoms with Gasteiger partial charge in [0.15, 0.2) is 5.75 Å². The van der Waals surface area contributed by atoms with Gasteiger partial charge in [-0.05, 0) is 28.1 Å². The van der Waals surface area contributed by atoms with Crippen LogP contribution in [0.15, 0.2) is 22.9 Å². The number of sulfonamides is 1. The Bertz CT molecular complexity index is 474. The molecule has 0 saturated carbocycles. The van der Waals surface area contributed by atoms with Gasteiger partial charge >= 0.3 is 5.97 Å². The summed E-state index contributed by atoms with van der Waals surface area (Å²) in [6, 6.07) is 2.85. The second kappa shape index (κ2) is 4.58. The van der Waals surface area contributed by atoms with Gasteiger partial charge in [-0.25, -0.2) is 13.4 Å². The highest BCUT2D eigenvalue weighted by atomic mass is 79.9. The highest BCUT2D eigenvalue weighted by molar-refractivity contribution is 9.10. The Hall–Kier alpha value is -1.15. The van der Waals surface area contributed by atoms with Gasteiger partial charge in [-0.15, -0.1) is 0 Å². The number of aromatic nitrogens is 1. The molecule has 1 aromatic heterocycles. The molecule has 1 aromatic rings. The van der Waals surface area contributed by atoms with Crippen molar-refractivity contribution in [1.82, 2.24) is 4.98 Å². The lowest BCUT2D eigenvalue weighted by molar-refractivity contribution is -0.134. The van der Waals surface area contributed by atoms with Crippen molar-refractivity contribution in [3.8, 4) is 0 Å². The topological polar surface area (TPSA) is 96.4 Å². The fourth-order valence-electron chi connectivity index (χ4n) is 0.844. The molecule has 0 aliphatic rings. The van der Waals surface area contributed by atoms with Gasteiger partial charge in [0.1, 0.15) is 4.60 Å². The summed E-state index contributed by atoms with van der Waals surface area (Å²) in [6.45, 7) is 0. The van der Waals surface area contributed by atoms with Crippen LogP contribution in [0.2, 0.25) is 0 Å². The third kappa shape index (κ3) is 4.26. The van der Waals surface area contributed by atoms with Crippen LogP contribution in [0.5, 0.6) is 0 Å². The number of halogens is 1. The van der Waals surface area contributed by atoms with E-state index in [9.17, 15) is 13.2 Å². The SMILES string of the molecule is O=C(O)CS(=O)(=O)Nc1ccnc(Br)c1. The number of carboxylic acids is 1. The molecule has 0 aliphatic carbocycles. The van der Waals surface area contributed by atoms with Crippen molar-refractivity contribution < 1.29 is 18.3 Å². The number of carbonyl (C=O) groups is 1. The third-order valence-electron chi connectivity index (χ3n) is 1.31. The molecule has 0 aromatic carbocycles. The minimum Gasteiger partial charge on any atom is -0.480 e. The molecule has 0 spiro atoms. The van der Waals surface area contributed by atoms with E-state index in [1.54, 1.807) is 0 Å². The summed E-state index contributed by atoms with van der Waals surface area (Å²) < 4.78 is 25.0. The second-order valence-corrected chi connectivity index (χ2v) is 5.16. The Morgan fingerprint density at radius 1 is 1.60 bits per heavy atom. The molecule has 0 amide bonds. The van der Waals surface area contributed by atoms with Crippen LogP contribution in [0.4, 0.5) is 5.69 Å². The predicted octanol–water partition coefficient (Wildman–Crippen LogP) is 0.670. The highest BCUT2D eigenvalue weighted by Crippen LogP contribution is 2.13. The summed E-state index contributed by atoms with van der Waals surface area (Å²) in [5, 5.41) is 8.34. The first-order valence-corrected chi connectivity index (χ1v) is 6.17. The van der Waals surface area contributed by atoms with Crippen LogP contribution in [0.3, 0.4) is 0 Å². The van der Waals surface area contributed by atoms with Gasteiger partial charge in [-0.3, -0.25) is 9.52 Å². The monoisotopic (exact) mass is 294 g/mol. The van der Waals surface area contributed by atoms with E-state index in [2.05, 4.69) is 25.6 Å². The van der Waals surface area contributed by atoms with Gasteiger partial charge in [0.25, 0.3) is 0 Å². The zero-order valence-corrected chi connectivity index (χ0v) is 9.75. The van der Waals surface area contributed by atoms with E-state index in [0.29, 0.717) is 4.60 Å². The molecule has 0 aliphatic heterocycles. The van der Waals surface area contributed by atoms with Crippen LogP contribution in [0, 0.1) is 0 Å². The normalized spacial score (nSPS) is 11.0. The minimum absolute atomic E-state index is 0.262. The molecule has 6 nitrogen and oxygen atoms in total. The first-order chi connectivity index (χ1) is 6.89. The van der Waals surface area contributed by atoms with Gasteiger partial charge < -0.3 is 5.11 Å². The molecule has 8 heteroatoms. The molecule has 2 N–H and O–H groups in total. The minimum atomic E-state index is -3.85. The number of carboxylic acid groups (broad SMARTS) is 1. The molecule has 15 heavy (non-hydrogen) atoms. The van der Waals surface area contributed by atoms with Crippen molar-refractivity contribution in [3.63, 3.8) is 0 Å². The average molecular weight is 295 g/mol. The number of anilines is 1. The molecule has 0 saturated heterocycles. The lowest BCUT2D eigenvalue weighted by Gasteiger charge is -2.05. The molecule has 82 valence electrons. The first-order valence-electron chi connectivity index (χ1n) is 3.73. The Kier molecular flexibility index (Phi) is 3.64. The Morgan fingerprint density at radius 2 is 2.27 bits per heavy atom. The van der Waals surface area contributed by atoms with Crippen LogP contribution < -0.4 is 4.72 Å². The molecule has 0 fully saturated rings. The van der Waals surface area contributed by atoms with Crippen molar-refractivity contribution in [2.75, 3.05) is 10.5 Å². The lowest BCUT2D eigenvalue weighted by atomic mass is 10.4. The molecule has 0 bridgehead atoms. The first kappa shape index (κ1) is 11.9. The van der Waals surface area contributed by atoms with E-state index in [0.717, 1.165) is 0 Å². The van der Waals surface area contributed by atoms with E-state index in [-0.39, 0.29) is 5.69 Å². The van der Waals surface area contributed by atoms with Crippen LogP contribution in [-0.2, 0) is 14.8 Å². The van der Waals surface area contributed by atoms with Crippen LogP contribution in [0.25, 0.3) is 0 Å². The summed E-state index contributed by atoms with van der Waals surface area (Å²) in [4.78, 5) is 14.0. The Labute approximate surface area is 94.5 Å². The maximum atomic E-state index is 11.2. The van der Waals surface area contributed by atoms with E-state index in [1.807, 2.05) is 0 Å². The highest BCUT2D eigenvalue weighted by Gasteiger charge is 2.15.